The Morgan fingerprint density at radius 1 is 1.38 bits per heavy atom. The van der Waals surface area contributed by atoms with Gasteiger partial charge in [0.05, 0.1) is 6.42 Å². The van der Waals surface area contributed by atoms with Crippen molar-refractivity contribution in [2.75, 3.05) is 6.54 Å². The second-order valence-electron chi connectivity index (χ2n) is 3.95. The Labute approximate surface area is 97.0 Å². The summed E-state index contributed by atoms with van der Waals surface area (Å²) in [5.74, 6) is 0.0510. The highest BCUT2D eigenvalue weighted by Crippen LogP contribution is 2.01. The summed E-state index contributed by atoms with van der Waals surface area (Å²) in [7, 11) is 0. The molecule has 3 nitrogen and oxygen atoms in total. The molecule has 88 valence electrons. The third kappa shape index (κ3) is 4.45. The van der Waals surface area contributed by atoms with Gasteiger partial charge in [0, 0.05) is 12.6 Å². The zero-order chi connectivity index (χ0) is 11.8. The third-order valence-electron chi connectivity index (χ3n) is 2.49. The Kier molecular flexibility index (Phi) is 5.57. The Hall–Kier alpha value is -1.35. The van der Waals surface area contributed by atoms with Gasteiger partial charge in [-0.3, -0.25) is 4.79 Å². The third-order valence-corrected chi connectivity index (χ3v) is 2.49. The Balaban J connectivity index is 2.41. The molecular formula is C13H20N2O. The lowest BCUT2D eigenvalue weighted by atomic mass is 10.1. The molecule has 3 N–H and O–H groups in total. The van der Waals surface area contributed by atoms with Crippen LogP contribution in [-0.4, -0.2) is 18.5 Å². The van der Waals surface area contributed by atoms with Crippen molar-refractivity contribution in [3.63, 3.8) is 0 Å². The van der Waals surface area contributed by atoms with Crippen molar-refractivity contribution in [2.45, 2.75) is 32.2 Å². The number of carbonyl (C=O) groups excluding carboxylic acids is 1. The summed E-state index contributed by atoms with van der Waals surface area (Å²) < 4.78 is 0. The normalized spacial score (nSPS) is 12.1. The Morgan fingerprint density at radius 3 is 2.62 bits per heavy atom. The van der Waals surface area contributed by atoms with Crippen molar-refractivity contribution in [2.24, 2.45) is 5.73 Å². The number of carbonyl (C=O) groups is 1. The van der Waals surface area contributed by atoms with Crippen LogP contribution in [0.4, 0.5) is 0 Å². The number of amides is 1. The van der Waals surface area contributed by atoms with E-state index in [1.54, 1.807) is 0 Å². The van der Waals surface area contributed by atoms with Crippen LogP contribution in [0.5, 0.6) is 0 Å². The predicted molar refractivity (Wildman–Crippen MR) is 66.0 cm³/mol. The molecule has 0 saturated carbocycles. The van der Waals surface area contributed by atoms with E-state index in [1.165, 1.54) is 0 Å². The van der Waals surface area contributed by atoms with E-state index in [1.807, 2.05) is 30.3 Å². The van der Waals surface area contributed by atoms with Crippen molar-refractivity contribution >= 4 is 5.91 Å². The molecule has 3 heteroatoms. The fourth-order valence-electron chi connectivity index (χ4n) is 1.66. The molecule has 0 radical (unpaired) electrons. The van der Waals surface area contributed by atoms with E-state index in [0.717, 1.165) is 18.4 Å². The fraction of sp³-hybridized carbons (Fsp3) is 0.462. The average molecular weight is 220 g/mol. The fourth-order valence-corrected chi connectivity index (χ4v) is 1.66. The van der Waals surface area contributed by atoms with Gasteiger partial charge in [0.25, 0.3) is 0 Å². The SMILES string of the molecule is CCCC(CN)NC(=O)Cc1ccccc1. The lowest BCUT2D eigenvalue weighted by Gasteiger charge is -2.15. The first-order valence-electron chi connectivity index (χ1n) is 5.79. The van der Waals surface area contributed by atoms with Gasteiger partial charge < -0.3 is 11.1 Å². The smallest absolute Gasteiger partial charge is 0.224 e. The molecule has 0 saturated heterocycles. The van der Waals surface area contributed by atoms with E-state index < -0.39 is 0 Å². The number of nitrogens with one attached hydrogen (secondary N) is 1. The quantitative estimate of drug-likeness (QED) is 0.763. The maximum absolute atomic E-state index is 11.7. The predicted octanol–water partition coefficient (Wildman–Crippen LogP) is 1.47. The van der Waals surface area contributed by atoms with Crippen LogP contribution in [-0.2, 0) is 11.2 Å². The maximum atomic E-state index is 11.7. The maximum Gasteiger partial charge on any atom is 0.224 e. The monoisotopic (exact) mass is 220 g/mol. The number of hydrogen-bond donors (Lipinski definition) is 2. The van der Waals surface area contributed by atoms with Crippen molar-refractivity contribution in [1.29, 1.82) is 0 Å². The van der Waals surface area contributed by atoms with Crippen molar-refractivity contribution in [3.05, 3.63) is 35.9 Å². The van der Waals surface area contributed by atoms with E-state index in [0.29, 0.717) is 13.0 Å². The van der Waals surface area contributed by atoms with E-state index in [2.05, 4.69) is 12.2 Å². The van der Waals surface area contributed by atoms with Crippen molar-refractivity contribution in [1.82, 2.24) is 5.32 Å². The number of rotatable bonds is 6. The van der Waals surface area contributed by atoms with Crippen LogP contribution in [0.3, 0.4) is 0 Å². The van der Waals surface area contributed by atoms with Gasteiger partial charge in [0.2, 0.25) is 5.91 Å². The molecule has 0 aliphatic carbocycles. The molecule has 1 rings (SSSR count). The molecule has 1 aromatic carbocycles. The van der Waals surface area contributed by atoms with Gasteiger partial charge in [-0.15, -0.1) is 0 Å². The largest absolute Gasteiger partial charge is 0.352 e. The van der Waals surface area contributed by atoms with Gasteiger partial charge in [-0.05, 0) is 12.0 Å². The summed E-state index contributed by atoms with van der Waals surface area (Å²) in [6.07, 6.45) is 2.41. The first-order chi connectivity index (χ1) is 7.76. The van der Waals surface area contributed by atoms with Gasteiger partial charge in [0.1, 0.15) is 0 Å². The molecule has 0 aliphatic rings. The summed E-state index contributed by atoms with van der Waals surface area (Å²) in [5.41, 5.74) is 6.62. The topological polar surface area (TPSA) is 55.1 Å². The Morgan fingerprint density at radius 2 is 2.06 bits per heavy atom. The van der Waals surface area contributed by atoms with E-state index in [9.17, 15) is 4.79 Å². The zero-order valence-corrected chi connectivity index (χ0v) is 9.78. The van der Waals surface area contributed by atoms with E-state index >= 15 is 0 Å². The van der Waals surface area contributed by atoms with Crippen LogP contribution in [0.25, 0.3) is 0 Å². The molecule has 0 aromatic heterocycles. The van der Waals surface area contributed by atoms with Crippen molar-refractivity contribution in [3.8, 4) is 0 Å². The molecule has 0 heterocycles. The summed E-state index contributed by atoms with van der Waals surface area (Å²) in [6.45, 7) is 2.60. The van der Waals surface area contributed by atoms with Crippen molar-refractivity contribution < 1.29 is 4.79 Å². The van der Waals surface area contributed by atoms with Crippen LogP contribution in [0, 0.1) is 0 Å². The number of nitrogens with two attached hydrogens (primary N) is 1. The first-order valence-corrected chi connectivity index (χ1v) is 5.79. The minimum Gasteiger partial charge on any atom is -0.352 e. The highest BCUT2D eigenvalue weighted by atomic mass is 16.1. The average Bonchev–Trinajstić information content (AvgIpc) is 2.29. The minimum absolute atomic E-state index is 0.0510. The minimum atomic E-state index is 0.0510. The lowest BCUT2D eigenvalue weighted by Crippen LogP contribution is -2.40. The van der Waals surface area contributed by atoms with Gasteiger partial charge in [-0.1, -0.05) is 43.7 Å². The first kappa shape index (κ1) is 12.7. The van der Waals surface area contributed by atoms with Crippen LogP contribution in [0.2, 0.25) is 0 Å². The van der Waals surface area contributed by atoms with Crippen LogP contribution in [0.15, 0.2) is 30.3 Å². The van der Waals surface area contributed by atoms with E-state index in [4.69, 9.17) is 5.73 Å². The zero-order valence-electron chi connectivity index (χ0n) is 9.78. The summed E-state index contributed by atoms with van der Waals surface area (Å²) in [4.78, 5) is 11.7. The summed E-state index contributed by atoms with van der Waals surface area (Å²) >= 11 is 0. The molecule has 0 fully saturated rings. The molecule has 1 amide bonds. The number of benzene rings is 1. The van der Waals surface area contributed by atoms with Gasteiger partial charge in [-0.25, -0.2) is 0 Å². The second kappa shape index (κ2) is 7.01. The van der Waals surface area contributed by atoms with Crippen LogP contribution in [0.1, 0.15) is 25.3 Å². The molecule has 16 heavy (non-hydrogen) atoms. The number of hydrogen-bond acceptors (Lipinski definition) is 2. The second-order valence-corrected chi connectivity index (χ2v) is 3.95. The molecule has 1 aromatic rings. The molecule has 0 bridgehead atoms. The molecule has 0 aliphatic heterocycles. The lowest BCUT2D eigenvalue weighted by molar-refractivity contribution is -0.121. The van der Waals surface area contributed by atoms with Gasteiger partial charge in [0.15, 0.2) is 0 Å². The molecule has 1 unspecified atom stereocenters. The Bertz CT molecular complexity index is 311. The molecular weight excluding hydrogens is 200 g/mol. The summed E-state index contributed by atoms with van der Waals surface area (Å²) in [5, 5.41) is 2.95. The van der Waals surface area contributed by atoms with Crippen LogP contribution >= 0.6 is 0 Å². The van der Waals surface area contributed by atoms with Gasteiger partial charge >= 0.3 is 0 Å². The molecule has 0 spiro atoms. The molecule has 1 atom stereocenters. The van der Waals surface area contributed by atoms with Crippen LogP contribution < -0.4 is 11.1 Å². The highest BCUT2D eigenvalue weighted by molar-refractivity contribution is 5.78. The van der Waals surface area contributed by atoms with E-state index in [-0.39, 0.29) is 11.9 Å². The highest BCUT2D eigenvalue weighted by Gasteiger charge is 2.09. The van der Waals surface area contributed by atoms with Gasteiger partial charge in [-0.2, -0.15) is 0 Å². The standard InChI is InChI=1S/C13H20N2O/c1-2-6-12(10-14)15-13(16)9-11-7-4-3-5-8-11/h3-5,7-8,12H,2,6,9-10,14H2,1H3,(H,15,16). The summed E-state index contributed by atoms with van der Waals surface area (Å²) in [6, 6.07) is 9.85.